The van der Waals surface area contributed by atoms with E-state index in [1.54, 1.807) is 12.4 Å². The lowest BCUT2D eigenvalue weighted by molar-refractivity contribution is -0.117. The first-order valence-electron chi connectivity index (χ1n) is 14.5. The average Bonchev–Trinajstić information content (AvgIpc) is 3.65. The molecule has 4 heterocycles. The number of hydrogen-bond donors (Lipinski definition) is 4. The van der Waals surface area contributed by atoms with Crippen molar-refractivity contribution in [2.45, 2.75) is 19.3 Å². The molecule has 0 unspecified atom stereocenters. The van der Waals surface area contributed by atoms with Gasteiger partial charge in [0.25, 0.3) is 0 Å². The van der Waals surface area contributed by atoms with Crippen molar-refractivity contribution >= 4 is 33.4 Å². The van der Waals surface area contributed by atoms with E-state index in [9.17, 15) is 9.18 Å². The van der Waals surface area contributed by atoms with Gasteiger partial charge in [0.1, 0.15) is 17.3 Å². The van der Waals surface area contributed by atoms with Gasteiger partial charge in [-0.05, 0) is 91.0 Å². The molecule has 216 valence electrons. The third kappa shape index (κ3) is 5.47. The van der Waals surface area contributed by atoms with Gasteiger partial charge in [-0.15, -0.1) is 0 Å². The number of aromatic nitrogens is 4. The molecule has 6 aromatic rings. The minimum Gasteiger partial charge on any atom is -0.497 e. The molecule has 4 N–H and O–H groups in total. The Bertz CT molecular complexity index is 1960. The minimum absolute atomic E-state index is 0.0216. The Labute approximate surface area is 247 Å². The summed E-state index contributed by atoms with van der Waals surface area (Å²) < 4.78 is 19.6. The number of rotatable bonds is 7. The summed E-state index contributed by atoms with van der Waals surface area (Å²) in [6, 6.07) is 20.7. The van der Waals surface area contributed by atoms with E-state index in [0.717, 1.165) is 81.4 Å². The molecule has 0 radical (unpaired) electrons. The maximum atomic E-state index is 14.3. The zero-order valence-electron chi connectivity index (χ0n) is 23.7. The highest BCUT2D eigenvalue weighted by atomic mass is 19.1. The number of H-pyrrole nitrogens is 2. The van der Waals surface area contributed by atoms with Crippen LogP contribution in [0.4, 0.5) is 10.1 Å². The van der Waals surface area contributed by atoms with Gasteiger partial charge in [0, 0.05) is 40.5 Å². The number of hydrogen-bond acceptors (Lipinski definition) is 5. The lowest BCUT2D eigenvalue weighted by Crippen LogP contribution is -2.30. The number of carbonyl (C=O) groups excluding carboxylic acids is 1. The highest BCUT2D eigenvalue weighted by Gasteiger charge is 2.18. The van der Waals surface area contributed by atoms with Gasteiger partial charge in [0.15, 0.2) is 0 Å². The van der Waals surface area contributed by atoms with E-state index < -0.39 is 0 Å². The van der Waals surface area contributed by atoms with Crippen molar-refractivity contribution in [3.8, 4) is 39.4 Å². The normalized spacial score (nSPS) is 13.9. The third-order valence-electron chi connectivity index (χ3n) is 8.19. The molecular formula is C34H31FN6O2. The van der Waals surface area contributed by atoms with Crippen LogP contribution in [0.25, 0.3) is 55.4 Å². The Morgan fingerprint density at radius 3 is 2.70 bits per heavy atom. The number of amides is 1. The number of nitrogens with one attached hydrogen (secondary N) is 4. The van der Waals surface area contributed by atoms with Crippen LogP contribution in [0.5, 0.6) is 5.75 Å². The van der Waals surface area contributed by atoms with Crippen LogP contribution < -0.4 is 15.4 Å². The van der Waals surface area contributed by atoms with Gasteiger partial charge in [-0.1, -0.05) is 18.2 Å². The number of anilines is 1. The fraction of sp³-hybridized carbons (Fsp3) is 0.206. The van der Waals surface area contributed by atoms with E-state index in [1.165, 1.54) is 19.2 Å². The molecule has 1 saturated heterocycles. The van der Waals surface area contributed by atoms with Crippen molar-refractivity contribution in [1.29, 1.82) is 0 Å². The predicted molar refractivity (Wildman–Crippen MR) is 167 cm³/mol. The predicted octanol–water partition coefficient (Wildman–Crippen LogP) is 6.92. The summed E-state index contributed by atoms with van der Waals surface area (Å²) in [4.78, 5) is 20.6. The Morgan fingerprint density at radius 2 is 1.84 bits per heavy atom. The van der Waals surface area contributed by atoms with Crippen LogP contribution in [0.1, 0.15) is 19.3 Å². The first-order valence-corrected chi connectivity index (χ1v) is 14.5. The minimum atomic E-state index is -0.354. The van der Waals surface area contributed by atoms with Crippen molar-refractivity contribution in [2.24, 2.45) is 5.92 Å². The van der Waals surface area contributed by atoms with Gasteiger partial charge in [0.05, 0.1) is 30.2 Å². The van der Waals surface area contributed by atoms with Gasteiger partial charge in [-0.2, -0.15) is 5.10 Å². The standard InChI is InChI=1S/C34H31FN6O2/c1-43-26-14-22(12-24(35)16-26)27-3-2-4-30-28(27)17-32(39-30)34-29-15-21(5-6-31(29)40-41-34)23-13-25(19-37-18-23)38-33(42)11-20-7-9-36-10-8-20/h2-6,12-20,36,39H,7-11H2,1H3,(H,38,42)(H,40,41). The second-order valence-electron chi connectivity index (χ2n) is 11.1. The Kier molecular flexibility index (Phi) is 7.08. The fourth-order valence-electron chi connectivity index (χ4n) is 6.00. The molecule has 1 aliphatic heterocycles. The first kappa shape index (κ1) is 26.9. The second-order valence-corrected chi connectivity index (χ2v) is 11.1. The lowest BCUT2D eigenvalue weighted by atomic mass is 9.94. The second kappa shape index (κ2) is 11.3. The van der Waals surface area contributed by atoms with Crippen LogP contribution >= 0.6 is 0 Å². The van der Waals surface area contributed by atoms with Crippen molar-refractivity contribution < 1.29 is 13.9 Å². The van der Waals surface area contributed by atoms with E-state index in [0.29, 0.717) is 23.8 Å². The van der Waals surface area contributed by atoms with Crippen molar-refractivity contribution in [2.75, 3.05) is 25.5 Å². The number of methoxy groups -OCH3 is 1. The molecule has 1 fully saturated rings. The number of benzene rings is 3. The highest BCUT2D eigenvalue weighted by Crippen LogP contribution is 2.36. The summed E-state index contributed by atoms with van der Waals surface area (Å²) in [5.74, 6) is 0.548. The molecule has 8 nitrogen and oxygen atoms in total. The number of fused-ring (bicyclic) bond motifs is 2. The van der Waals surface area contributed by atoms with E-state index in [4.69, 9.17) is 4.74 Å². The van der Waals surface area contributed by atoms with Crippen LogP contribution in [-0.4, -0.2) is 46.3 Å². The molecule has 0 spiro atoms. The maximum absolute atomic E-state index is 14.3. The quantitative estimate of drug-likeness (QED) is 0.166. The SMILES string of the molecule is COc1cc(F)cc(-c2cccc3[nH]c(-c4n[nH]c5ccc(-c6cncc(NC(=O)CC7CCNCC7)c6)cc45)cc23)c1. The zero-order chi connectivity index (χ0) is 29.3. The number of carbonyl (C=O) groups is 1. The van der Waals surface area contributed by atoms with Crippen LogP contribution in [0.3, 0.4) is 0 Å². The largest absolute Gasteiger partial charge is 0.497 e. The number of halogens is 1. The van der Waals surface area contributed by atoms with Crippen LogP contribution in [0.2, 0.25) is 0 Å². The van der Waals surface area contributed by atoms with Crippen LogP contribution in [0.15, 0.2) is 79.1 Å². The Hall–Kier alpha value is -5.02. The van der Waals surface area contributed by atoms with E-state index in [1.807, 2.05) is 48.5 Å². The molecule has 3 aromatic carbocycles. The summed E-state index contributed by atoms with van der Waals surface area (Å²) in [6.45, 7) is 1.94. The molecule has 0 atom stereocenters. The fourth-order valence-corrected chi connectivity index (χ4v) is 6.00. The molecule has 3 aromatic heterocycles. The van der Waals surface area contributed by atoms with Crippen LogP contribution in [0, 0.1) is 11.7 Å². The summed E-state index contributed by atoms with van der Waals surface area (Å²) in [7, 11) is 1.53. The summed E-state index contributed by atoms with van der Waals surface area (Å²) in [5.41, 5.74) is 7.59. The Morgan fingerprint density at radius 1 is 0.953 bits per heavy atom. The average molecular weight is 575 g/mol. The number of aromatic amines is 2. The van der Waals surface area contributed by atoms with Crippen molar-refractivity contribution in [3.05, 3.63) is 84.9 Å². The smallest absolute Gasteiger partial charge is 0.224 e. The molecule has 0 aliphatic carbocycles. The van der Waals surface area contributed by atoms with Crippen molar-refractivity contribution in [1.82, 2.24) is 25.5 Å². The molecule has 1 amide bonds. The first-order chi connectivity index (χ1) is 21.0. The van der Waals surface area contributed by atoms with E-state index in [-0.39, 0.29) is 11.7 Å². The molecule has 43 heavy (non-hydrogen) atoms. The van der Waals surface area contributed by atoms with Gasteiger partial charge in [0.2, 0.25) is 5.91 Å². The topological polar surface area (TPSA) is 108 Å². The highest BCUT2D eigenvalue weighted by molar-refractivity contribution is 6.02. The number of piperidine rings is 1. The monoisotopic (exact) mass is 574 g/mol. The maximum Gasteiger partial charge on any atom is 0.224 e. The summed E-state index contributed by atoms with van der Waals surface area (Å²) >= 11 is 0. The molecular weight excluding hydrogens is 543 g/mol. The number of pyridine rings is 1. The lowest BCUT2D eigenvalue weighted by Gasteiger charge is -2.21. The van der Waals surface area contributed by atoms with Crippen LogP contribution in [-0.2, 0) is 4.79 Å². The molecule has 0 saturated carbocycles. The zero-order valence-corrected chi connectivity index (χ0v) is 23.7. The molecule has 9 heteroatoms. The van der Waals surface area contributed by atoms with Gasteiger partial charge >= 0.3 is 0 Å². The number of nitrogens with zero attached hydrogens (tertiary/aromatic N) is 2. The Balaban J connectivity index is 1.20. The van der Waals surface area contributed by atoms with Crippen molar-refractivity contribution in [3.63, 3.8) is 0 Å². The van der Waals surface area contributed by atoms with Gasteiger partial charge in [-0.3, -0.25) is 14.9 Å². The summed E-state index contributed by atoms with van der Waals surface area (Å²) in [6.07, 6.45) is 6.05. The van der Waals surface area contributed by atoms with Gasteiger partial charge in [-0.25, -0.2) is 4.39 Å². The summed E-state index contributed by atoms with van der Waals surface area (Å²) in [5, 5.41) is 16.1. The number of ether oxygens (including phenoxy) is 1. The third-order valence-corrected chi connectivity index (χ3v) is 8.19. The molecule has 7 rings (SSSR count). The molecule has 0 bridgehead atoms. The molecule has 1 aliphatic rings. The van der Waals surface area contributed by atoms with E-state index in [2.05, 4.69) is 36.9 Å². The van der Waals surface area contributed by atoms with E-state index >= 15 is 0 Å². The van der Waals surface area contributed by atoms with Gasteiger partial charge < -0.3 is 20.4 Å².